The van der Waals surface area contributed by atoms with Crippen molar-refractivity contribution < 1.29 is 9.53 Å². The molecule has 1 aliphatic heterocycles. The van der Waals surface area contributed by atoms with Crippen LogP contribution in [-0.2, 0) is 4.79 Å². The van der Waals surface area contributed by atoms with Crippen molar-refractivity contribution in [2.75, 3.05) is 51.3 Å². The van der Waals surface area contributed by atoms with Crippen LogP contribution in [0.3, 0.4) is 0 Å². The molecule has 1 heterocycles. The summed E-state index contributed by atoms with van der Waals surface area (Å²) in [7, 11) is 1.74. The van der Waals surface area contributed by atoms with Gasteiger partial charge in [0, 0.05) is 38.6 Å². The highest BCUT2D eigenvalue weighted by molar-refractivity contribution is 5.78. The Morgan fingerprint density at radius 1 is 0.909 bits per heavy atom. The summed E-state index contributed by atoms with van der Waals surface area (Å²) in [5.41, 5.74) is 2.63. The number of piperazine rings is 1. The van der Waals surface area contributed by atoms with Crippen molar-refractivity contribution in [3.05, 3.63) is 60.2 Å². The zero-order chi connectivity index (χ0) is 22.9. The number of anilines is 1. The number of nitrogens with zero attached hydrogens (tertiary/aromatic N) is 2. The maximum atomic E-state index is 12.6. The average molecular weight is 450 g/mol. The first-order valence-corrected chi connectivity index (χ1v) is 12.7. The number of para-hydroxylation sites is 2. The van der Waals surface area contributed by atoms with Crippen molar-refractivity contribution in [3.63, 3.8) is 0 Å². The predicted octanol–water partition coefficient (Wildman–Crippen LogP) is 4.69. The monoisotopic (exact) mass is 449 g/mol. The number of benzene rings is 2. The first-order valence-electron chi connectivity index (χ1n) is 12.7. The fourth-order valence-corrected chi connectivity index (χ4v) is 5.33. The lowest BCUT2D eigenvalue weighted by Crippen LogP contribution is -2.46. The highest BCUT2D eigenvalue weighted by Crippen LogP contribution is 2.35. The van der Waals surface area contributed by atoms with Crippen LogP contribution in [0.15, 0.2) is 54.6 Å². The van der Waals surface area contributed by atoms with Gasteiger partial charge in [0.2, 0.25) is 5.91 Å². The number of carbonyl (C=O) groups is 1. The normalized spacial score (nSPS) is 21.5. The van der Waals surface area contributed by atoms with Crippen LogP contribution in [0.2, 0.25) is 0 Å². The van der Waals surface area contributed by atoms with Gasteiger partial charge in [0.15, 0.2) is 0 Å². The van der Waals surface area contributed by atoms with Crippen LogP contribution in [0, 0.1) is 5.92 Å². The molecule has 1 saturated heterocycles. The second-order valence-electron chi connectivity index (χ2n) is 9.46. The van der Waals surface area contributed by atoms with Crippen LogP contribution >= 0.6 is 0 Å². The largest absolute Gasteiger partial charge is 0.495 e. The Balaban J connectivity index is 1.08. The Morgan fingerprint density at radius 2 is 1.61 bits per heavy atom. The van der Waals surface area contributed by atoms with Gasteiger partial charge in [0.05, 0.1) is 12.8 Å². The van der Waals surface area contributed by atoms with Gasteiger partial charge in [0.1, 0.15) is 5.75 Å². The van der Waals surface area contributed by atoms with E-state index in [1.165, 1.54) is 11.3 Å². The standard InChI is InChI=1S/C28H39N3O2/c1-33-27-12-6-5-11-26(27)31-21-19-30(20-22-31)18-8-7-17-29-28(32)25-15-13-24(14-16-25)23-9-3-2-4-10-23/h2-6,9-12,24-25H,7-8,13-22H2,1H3,(H,29,32). The first kappa shape index (κ1) is 23.6. The Kier molecular flexibility index (Phi) is 8.65. The molecule has 2 fully saturated rings. The minimum Gasteiger partial charge on any atom is -0.495 e. The number of methoxy groups -OCH3 is 1. The molecular formula is C28H39N3O2. The van der Waals surface area contributed by atoms with E-state index in [0.29, 0.717) is 5.92 Å². The smallest absolute Gasteiger partial charge is 0.223 e. The van der Waals surface area contributed by atoms with Gasteiger partial charge >= 0.3 is 0 Å². The number of hydrogen-bond acceptors (Lipinski definition) is 4. The SMILES string of the molecule is COc1ccccc1N1CCN(CCCCNC(=O)C2CCC(c3ccccc3)CC2)CC1. The van der Waals surface area contributed by atoms with E-state index in [2.05, 4.69) is 57.6 Å². The average Bonchev–Trinajstić information content (AvgIpc) is 2.89. The van der Waals surface area contributed by atoms with Gasteiger partial charge < -0.3 is 15.0 Å². The highest BCUT2D eigenvalue weighted by atomic mass is 16.5. The third-order valence-corrected chi connectivity index (χ3v) is 7.37. The van der Waals surface area contributed by atoms with Crippen LogP contribution in [0.1, 0.15) is 50.0 Å². The van der Waals surface area contributed by atoms with Crippen LogP contribution in [0.25, 0.3) is 0 Å². The van der Waals surface area contributed by atoms with Crippen molar-refractivity contribution in [3.8, 4) is 5.75 Å². The van der Waals surface area contributed by atoms with E-state index in [-0.39, 0.29) is 11.8 Å². The molecule has 0 atom stereocenters. The molecule has 0 bridgehead atoms. The van der Waals surface area contributed by atoms with Gasteiger partial charge in [-0.1, -0.05) is 42.5 Å². The molecule has 1 aliphatic carbocycles. The Hall–Kier alpha value is -2.53. The zero-order valence-corrected chi connectivity index (χ0v) is 20.0. The lowest BCUT2D eigenvalue weighted by atomic mass is 9.78. The topological polar surface area (TPSA) is 44.8 Å². The summed E-state index contributed by atoms with van der Waals surface area (Å²) in [6.45, 7) is 6.13. The molecule has 0 aromatic heterocycles. The van der Waals surface area contributed by atoms with Gasteiger partial charge in [-0.05, 0) is 68.7 Å². The van der Waals surface area contributed by atoms with Crippen LogP contribution in [0.4, 0.5) is 5.69 Å². The molecule has 5 nitrogen and oxygen atoms in total. The molecular weight excluding hydrogens is 410 g/mol. The summed E-state index contributed by atoms with van der Waals surface area (Å²) in [5.74, 6) is 2.05. The van der Waals surface area contributed by atoms with Crippen molar-refractivity contribution >= 4 is 11.6 Å². The molecule has 33 heavy (non-hydrogen) atoms. The molecule has 5 heteroatoms. The van der Waals surface area contributed by atoms with Gasteiger partial charge in [-0.2, -0.15) is 0 Å². The van der Waals surface area contributed by atoms with E-state index in [0.717, 1.165) is 83.5 Å². The number of ether oxygens (including phenoxy) is 1. The van der Waals surface area contributed by atoms with E-state index < -0.39 is 0 Å². The lowest BCUT2D eigenvalue weighted by Gasteiger charge is -2.36. The maximum Gasteiger partial charge on any atom is 0.223 e. The summed E-state index contributed by atoms with van der Waals surface area (Å²) in [6, 6.07) is 19.0. The second-order valence-corrected chi connectivity index (χ2v) is 9.46. The molecule has 0 radical (unpaired) electrons. The molecule has 2 aromatic carbocycles. The van der Waals surface area contributed by atoms with E-state index in [9.17, 15) is 4.79 Å². The number of hydrogen-bond donors (Lipinski definition) is 1. The van der Waals surface area contributed by atoms with Crippen molar-refractivity contribution in [1.82, 2.24) is 10.2 Å². The number of amides is 1. The summed E-state index contributed by atoms with van der Waals surface area (Å²) in [6.07, 6.45) is 6.48. The fraction of sp³-hybridized carbons (Fsp3) is 0.536. The number of carbonyl (C=O) groups excluding carboxylic acids is 1. The quantitative estimate of drug-likeness (QED) is 0.564. The highest BCUT2D eigenvalue weighted by Gasteiger charge is 2.26. The minimum absolute atomic E-state index is 0.202. The van der Waals surface area contributed by atoms with Gasteiger partial charge in [-0.15, -0.1) is 0 Å². The molecule has 4 rings (SSSR count). The minimum atomic E-state index is 0.202. The van der Waals surface area contributed by atoms with Crippen LogP contribution in [0.5, 0.6) is 5.75 Å². The molecule has 1 N–H and O–H groups in total. The molecule has 1 amide bonds. The maximum absolute atomic E-state index is 12.6. The number of nitrogens with one attached hydrogen (secondary N) is 1. The van der Waals surface area contributed by atoms with Crippen molar-refractivity contribution in [2.45, 2.75) is 44.4 Å². The van der Waals surface area contributed by atoms with E-state index in [1.807, 2.05) is 12.1 Å². The Bertz CT molecular complexity index is 856. The van der Waals surface area contributed by atoms with Crippen LogP contribution in [-0.4, -0.2) is 57.2 Å². The molecule has 178 valence electrons. The Labute approximate surface area is 199 Å². The van der Waals surface area contributed by atoms with Gasteiger partial charge in [-0.25, -0.2) is 0 Å². The van der Waals surface area contributed by atoms with Crippen molar-refractivity contribution in [2.24, 2.45) is 5.92 Å². The second kappa shape index (κ2) is 12.1. The molecule has 0 unspecified atom stereocenters. The third-order valence-electron chi connectivity index (χ3n) is 7.37. The first-order chi connectivity index (χ1) is 16.2. The predicted molar refractivity (Wildman–Crippen MR) is 135 cm³/mol. The number of unbranched alkanes of at least 4 members (excludes halogenated alkanes) is 1. The molecule has 2 aliphatic rings. The molecule has 1 saturated carbocycles. The van der Waals surface area contributed by atoms with E-state index >= 15 is 0 Å². The number of rotatable bonds is 9. The molecule has 0 spiro atoms. The third kappa shape index (κ3) is 6.50. The molecule has 2 aromatic rings. The Morgan fingerprint density at radius 3 is 2.33 bits per heavy atom. The van der Waals surface area contributed by atoms with E-state index in [1.54, 1.807) is 7.11 Å². The van der Waals surface area contributed by atoms with Crippen LogP contribution < -0.4 is 15.0 Å². The zero-order valence-electron chi connectivity index (χ0n) is 20.0. The summed E-state index contributed by atoms with van der Waals surface area (Å²) < 4.78 is 5.52. The summed E-state index contributed by atoms with van der Waals surface area (Å²) in [5, 5.41) is 3.21. The fourth-order valence-electron chi connectivity index (χ4n) is 5.33. The summed E-state index contributed by atoms with van der Waals surface area (Å²) in [4.78, 5) is 17.6. The lowest BCUT2D eigenvalue weighted by molar-refractivity contribution is -0.126. The van der Waals surface area contributed by atoms with E-state index in [4.69, 9.17) is 4.74 Å². The summed E-state index contributed by atoms with van der Waals surface area (Å²) >= 11 is 0. The van der Waals surface area contributed by atoms with Crippen molar-refractivity contribution in [1.29, 1.82) is 0 Å². The van der Waals surface area contributed by atoms with Gasteiger partial charge in [-0.3, -0.25) is 9.69 Å². The van der Waals surface area contributed by atoms with Gasteiger partial charge in [0.25, 0.3) is 0 Å².